The molecule has 1 aromatic heterocycles. The van der Waals surface area contributed by atoms with E-state index >= 15 is 0 Å². The second-order valence-corrected chi connectivity index (χ2v) is 8.38. The first-order valence-electron chi connectivity index (χ1n) is 10.0. The van der Waals surface area contributed by atoms with Crippen LogP contribution < -0.4 is 4.90 Å². The first-order valence-corrected chi connectivity index (χ1v) is 11.0. The molecule has 0 spiro atoms. The molecule has 0 aliphatic heterocycles. The van der Waals surface area contributed by atoms with Gasteiger partial charge in [-0.05, 0) is 47.9 Å². The number of aryl methyl sites for hydroxylation is 1. The molecule has 0 saturated heterocycles. The van der Waals surface area contributed by atoms with Gasteiger partial charge in [-0.15, -0.1) is 5.10 Å². The topological polar surface area (TPSA) is 63.9 Å². The summed E-state index contributed by atoms with van der Waals surface area (Å²) in [7, 11) is 0. The minimum atomic E-state index is 0.0451. The highest BCUT2D eigenvalue weighted by Gasteiger charge is 2.23. The van der Waals surface area contributed by atoms with E-state index in [1.165, 1.54) is 30.2 Å². The largest absolute Gasteiger partial charge is 0.307 e. The molecule has 150 valence electrons. The summed E-state index contributed by atoms with van der Waals surface area (Å²) >= 11 is 1.42. The lowest BCUT2D eigenvalue weighted by molar-refractivity contribution is -0.116. The van der Waals surface area contributed by atoms with Gasteiger partial charge in [-0.3, -0.25) is 4.79 Å². The minimum absolute atomic E-state index is 0.0451. The summed E-state index contributed by atoms with van der Waals surface area (Å²) in [6.07, 6.45) is 4.64. The van der Waals surface area contributed by atoms with E-state index in [4.69, 9.17) is 0 Å². The van der Waals surface area contributed by atoms with Crippen molar-refractivity contribution in [3.8, 4) is 0 Å². The van der Waals surface area contributed by atoms with E-state index in [1.807, 2.05) is 71.1 Å². The van der Waals surface area contributed by atoms with Gasteiger partial charge in [-0.2, -0.15) is 0 Å². The lowest BCUT2D eigenvalue weighted by Crippen LogP contribution is -2.32. The lowest BCUT2D eigenvalue weighted by atomic mass is 10.1. The highest BCUT2D eigenvalue weighted by molar-refractivity contribution is 7.99. The summed E-state index contributed by atoms with van der Waals surface area (Å²) < 4.78 is 1.90. The third kappa shape index (κ3) is 4.85. The number of rotatable bonds is 7. The van der Waals surface area contributed by atoms with E-state index in [0.29, 0.717) is 18.3 Å². The summed E-state index contributed by atoms with van der Waals surface area (Å²) in [5.74, 6) is 0.344. The Morgan fingerprint density at radius 3 is 2.55 bits per heavy atom. The molecule has 0 unspecified atom stereocenters. The Kier molecular flexibility index (Phi) is 6.24. The second kappa shape index (κ2) is 9.22. The Bertz CT molecular complexity index is 935. The number of anilines is 1. The molecule has 0 radical (unpaired) electrons. The number of hydrogen-bond acceptors (Lipinski definition) is 5. The fraction of sp³-hybridized carbons (Fsp3) is 0.364. The van der Waals surface area contributed by atoms with E-state index < -0.39 is 0 Å². The van der Waals surface area contributed by atoms with Crippen LogP contribution in [0, 0.1) is 6.92 Å². The number of nitrogens with zero attached hydrogens (tertiary/aromatic N) is 5. The Morgan fingerprint density at radius 2 is 1.83 bits per heavy atom. The van der Waals surface area contributed by atoms with E-state index in [2.05, 4.69) is 15.5 Å². The van der Waals surface area contributed by atoms with Crippen molar-refractivity contribution in [2.24, 2.45) is 0 Å². The zero-order valence-electron chi connectivity index (χ0n) is 16.6. The molecule has 7 heteroatoms. The van der Waals surface area contributed by atoms with Crippen LogP contribution in [0.4, 0.5) is 5.69 Å². The molecule has 29 heavy (non-hydrogen) atoms. The summed E-state index contributed by atoms with van der Waals surface area (Å²) in [5.41, 5.74) is 3.17. The van der Waals surface area contributed by atoms with Crippen LogP contribution >= 0.6 is 11.8 Å². The fourth-order valence-corrected chi connectivity index (χ4v) is 4.50. The monoisotopic (exact) mass is 407 g/mol. The predicted octanol–water partition coefficient (Wildman–Crippen LogP) is 4.42. The molecule has 4 rings (SSSR count). The first kappa shape index (κ1) is 19.6. The zero-order valence-corrected chi connectivity index (χ0v) is 17.4. The van der Waals surface area contributed by atoms with Crippen molar-refractivity contribution in [3.05, 3.63) is 65.7 Å². The van der Waals surface area contributed by atoms with Crippen molar-refractivity contribution < 1.29 is 4.79 Å². The molecule has 1 heterocycles. The number of thioether (sulfide) groups is 1. The first-order chi connectivity index (χ1) is 14.2. The van der Waals surface area contributed by atoms with Gasteiger partial charge in [0.1, 0.15) is 0 Å². The summed E-state index contributed by atoms with van der Waals surface area (Å²) in [4.78, 5) is 15.0. The molecule has 1 amide bonds. The average molecular weight is 408 g/mol. The summed E-state index contributed by atoms with van der Waals surface area (Å²) in [6.45, 7) is 2.59. The Morgan fingerprint density at radius 1 is 1.10 bits per heavy atom. The third-order valence-corrected chi connectivity index (χ3v) is 6.21. The smallest absolute Gasteiger partial charge is 0.237 e. The van der Waals surface area contributed by atoms with Crippen molar-refractivity contribution >= 4 is 23.4 Å². The molecule has 1 fully saturated rings. The van der Waals surface area contributed by atoms with E-state index in [9.17, 15) is 4.79 Å². The molecule has 0 N–H and O–H groups in total. The maximum absolute atomic E-state index is 13.2. The van der Waals surface area contributed by atoms with E-state index in [-0.39, 0.29) is 5.91 Å². The molecular formula is C22H25N5OS. The predicted molar refractivity (Wildman–Crippen MR) is 115 cm³/mol. The van der Waals surface area contributed by atoms with Gasteiger partial charge in [0.05, 0.1) is 18.3 Å². The third-order valence-electron chi connectivity index (χ3n) is 5.29. The highest BCUT2D eigenvalue weighted by Crippen LogP contribution is 2.31. The second-order valence-electron chi connectivity index (χ2n) is 7.43. The standard InChI is InChI=1S/C22H25N5OS/c1-17-11-13-19(14-12-17)26(15-18-7-3-2-4-8-18)21(28)16-29-22-23-24-25-27(22)20-9-5-6-10-20/h2-4,7-8,11-14,20H,5-6,9-10,15-16H2,1H3. The van der Waals surface area contributed by atoms with Gasteiger partial charge in [0.25, 0.3) is 0 Å². The molecule has 6 nitrogen and oxygen atoms in total. The molecule has 2 aromatic carbocycles. The number of aromatic nitrogens is 4. The van der Waals surface area contributed by atoms with Crippen molar-refractivity contribution in [1.82, 2.24) is 20.2 Å². The summed E-state index contributed by atoms with van der Waals surface area (Å²) in [6, 6.07) is 18.5. The van der Waals surface area contributed by atoms with Crippen molar-refractivity contribution in [2.45, 2.75) is 50.4 Å². The maximum Gasteiger partial charge on any atom is 0.237 e. The highest BCUT2D eigenvalue weighted by atomic mass is 32.2. The van der Waals surface area contributed by atoms with Gasteiger partial charge in [0, 0.05) is 5.69 Å². The summed E-state index contributed by atoms with van der Waals surface area (Å²) in [5, 5.41) is 12.9. The van der Waals surface area contributed by atoms with Crippen LogP contribution in [0.5, 0.6) is 0 Å². The van der Waals surface area contributed by atoms with Crippen LogP contribution in [0.1, 0.15) is 42.9 Å². The van der Waals surface area contributed by atoms with Gasteiger partial charge in [-0.1, -0.05) is 72.6 Å². The van der Waals surface area contributed by atoms with Gasteiger partial charge >= 0.3 is 0 Å². The van der Waals surface area contributed by atoms with Crippen LogP contribution in [0.3, 0.4) is 0 Å². The number of carbonyl (C=O) groups excluding carboxylic acids is 1. The van der Waals surface area contributed by atoms with Crippen molar-refractivity contribution in [3.63, 3.8) is 0 Å². The van der Waals surface area contributed by atoms with E-state index in [0.717, 1.165) is 29.2 Å². The number of carbonyl (C=O) groups is 1. The molecule has 1 aliphatic rings. The zero-order chi connectivity index (χ0) is 20.1. The van der Waals surface area contributed by atoms with Crippen LogP contribution in [0.15, 0.2) is 59.8 Å². The lowest BCUT2D eigenvalue weighted by Gasteiger charge is -2.23. The van der Waals surface area contributed by atoms with Crippen molar-refractivity contribution in [2.75, 3.05) is 10.7 Å². The number of amides is 1. The van der Waals surface area contributed by atoms with Crippen LogP contribution in [-0.4, -0.2) is 31.9 Å². The van der Waals surface area contributed by atoms with Crippen LogP contribution in [0.25, 0.3) is 0 Å². The quantitative estimate of drug-likeness (QED) is 0.543. The fourth-order valence-electron chi connectivity index (χ4n) is 3.68. The minimum Gasteiger partial charge on any atom is -0.307 e. The Balaban J connectivity index is 1.49. The van der Waals surface area contributed by atoms with Gasteiger partial charge < -0.3 is 4.90 Å². The normalized spacial score (nSPS) is 14.2. The van der Waals surface area contributed by atoms with Crippen molar-refractivity contribution in [1.29, 1.82) is 0 Å². The van der Waals surface area contributed by atoms with Crippen LogP contribution in [-0.2, 0) is 11.3 Å². The Hall–Kier alpha value is -2.67. The number of tetrazole rings is 1. The van der Waals surface area contributed by atoms with E-state index in [1.54, 1.807) is 0 Å². The molecule has 0 bridgehead atoms. The Labute approximate surface area is 175 Å². The van der Waals surface area contributed by atoms with Gasteiger partial charge in [0.15, 0.2) is 0 Å². The van der Waals surface area contributed by atoms with Gasteiger partial charge in [-0.25, -0.2) is 4.68 Å². The SMILES string of the molecule is Cc1ccc(N(Cc2ccccc2)C(=O)CSc2nnnn2C2CCCC2)cc1. The molecular weight excluding hydrogens is 382 g/mol. The number of benzene rings is 2. The molecule has 0 atom stereocenters. The molecule has 1 saturated carbocycles. The molecule has 3 aromatic rings. The number of hydrogen-bond donors (Lipinski definition) is 0. The average Bonchev–Trinajstić information content (AvgIpc) is 3.43. The maximum atomic E-state index is 13.2. The van der Waals surface area contributed by atoms with Gasteiger partial charge in [0.2, 0.25) is 11.1 Å². The molecule has 1 aliphatic carbocycles. The van der Waals surface area contributed by atoms with Crippen LogP contribution in [0.2, 0.25) is 0 Å².